The Hall–Kier alpha value is -1.43. The summed E-state index contributed by atoms with van der Waals surface area (Å²) in [5, 5.41) is 8.29. The number of nitrogens with one attached hydrogen (secondary N) is 1. The van der Waals surface area contributed by atoms with E-state index in [9.17, 15) is 0 Å². The molecule has 2 heterocycles. The fraction of sp³-hybridized carbons (Fsp3) is 0.500. The first-order chi connectivity index (χ1) is 7.79. The van der Waals surface area contributed by atoms with E-state index in [-0.39, 0.29) is 0 Å². The Kier molecular flexibility index (Phi) is 3.51. The van der Waals surface area contributed by atoms with E-state index in [0.717, 1.165) is 30.3 Å². The molecule has 0 saturated carbocycles. The second-order valence-electron chi connectivity index (χ2n) is 3.49. The van der Waals surface area contributed by atoms with Crippen molar-refractivity contribution in [2.45, 2.75) is 19.8 Å². The van der Waals surface area contributed by atoms with Gasteiger partial charge in [0.15, 0.2) is 0 Å². The highest BCUT2D eigenvalue weighted by molar-refractivity contribution is 7.09. The van der Waals surface area contributed by atoms with E-state index in [1.54, 1.807) is 0 Å². The standard InChI is InChI=1S/C10H15N5S/c1-3-9-13-10(16-14-9)11-6-4-8-5-7-12-15(8)2/h5,7H,3-4,6H2,1-2H3,(H,11,13,14). The van der Waals surface area contributed by atoms with Gasteiger partial charge in [-0.1, -0.05) is 6.92 Å². The average molecular weight is 237 g/mol. The lowest BCUT2D eigenvalue weighted by Crippen LogP contribution is -2.08. The van der Waals surface area contributed by atoms with E-state index < -0.39 is 0 Å². The Bertz CT molecular complexity index is 448. The van der Waals surface area contributed by atoms with Gasteiger partial charge in [0.25, 0.3) is 0 Å². The van der Waals surface area contributed by atoms with Gasteiger partial charge in [-0.3, -0.25) is 4.68 Å². The average Bonchev–Trinajstić information content (AvgIpc) is 2.89. The van der Waals surface area contributed by atoms with Crippen LogP contribution in [0.5, 0.6) is 0 Å². The Morgan fingerprint density at radius 1 is 1.50 bits per heavy atom. The van der Waals surface area contributed by atoms with Gasteiger partial charge < -0.3 is 5.32 Å². The molecule has 0 amide bonds. The number of hydrogen-bond acceptors (Lipinski definition) is 5. The van der Waals surface area contributed by atoms with Gasteiger partial charge in [-0.05, 0) is 6.07 Å². The lowest BCUT2D eigenvalue weighted by Gasteiger charge is -2.02. The van der Waals surface area contributed by atoms with Gasteiger partial charge in [-0.2, -0.15) is 9.47 Å². The Morgan fingerprint density at radius 2 is 2.38 bits per heavy atom. The Balaban J connectivity index is 1.82. The third-order valence-corrected chi connectivity index (χ3v) is 3.07. The quantitative estimate of drug-likeness (QED) is 0.856. The van der Waals surface area contributed by atoms with Crippen molar-refractivity contribution < 1.29 is 0 Å². The first-order valence-electron chi connectivity index (χ1n) is 5.33. The molecule has 0 spiro atoms. The van der Waals surface area contributed by atoms with Crippen LogP contribution in [0.4, 0.5) is 5.13 Å². The number of aromatic nitrogens is 4. The molecular formula is C10H15N5S. The summed E-state index contributed by atoms with van der Waals surface area (Å²) in [6.45, 7) is 2.92. The largest absolute Gasteiger partial charge is 0.360 e. The zero-order chi connectivity index (χ0) is 11.4. The fourth-order valence-corrected chi connectivity index (χ4v) is 2.09. The van der Waals surface area contributed by atoms with E-state index >= 15 is 0 Å². The summed E-state index contributed by atoms with van der Waals surface area (Å²) in [6, 6.07) is 2.03. The first kappa shape index (κ1) is 11.1. The second kappa shape index (κ2) is 5.07. The Labute approximate surface area is 98.7 Å². The van der Waals surface area contributed by atoms with Crippen molar-refractivity contribution >= 4 is 16.7 Å². The van der Waals surface area contributed by atoms with Crippen molar-refractivity contribution in [2.24, 2.45) is 7.05 Å². The summed E-state index contributed by atoms with van der Waals surface area (Å²) in [6.07, 6.45) is 3.65. The van der Waals surface area contributed by atoms with Crippen molar-refractivity contribution in [3.8, 4) is 0 Å². The smallest absolute Gasteiger partial charge is 0.202 e. The number of rotatable bonds is 5. The van der Waals surface area contributed by atoms with Crippen LogP contribution in [0.25, 0.3) is 0 Å². The zero-order valence-electron chi connectivity index (χ0n) is 9.47. The van der Waals surface area contributed by atoms with Crippen LogP contribution in [0.15, 0.2) is 12.3 Å². The number of aryl methyl sites for hydroxylation is 2. The molecule has 0 aromatic carbocycles. The Morgan fingerprint density at radius 3 is 3.00 bits per heavy atom. The van der Waals surface area contributed by atoms with E-state index in [1.807, 2.05) is 24.0 Å². The molecule has 0 fully saturated rings. The van der Waals surface area contributed by atoms with E-state index in [4.69, 9.17) is 0 Å². The van der Waals surface area contributed by atoms with Gasteiger partial charge in [-0.15, -0.1) is 0 Å². The number of nitrogens with zero attached hydrogens (tertiary/aromatic N) is 4. The summed E-state index contributed by atoms with van der Waals surface area (Å²) >= 11 is 1.42. The molecule has 86 valence electrons. The molecule has 0 atom stereocenters. The molecule has 0 aliphatic rings. The maximum absolute atomic E-state index is 4.34. The van der Waals surface area contributed by atoms with Crippen molar-refractivity contribution in [3.05, 3.63) is 23.8 Å². The van der Waals surface area contributed by atoms with Gasteiger partial charge in [0.05, 0.1) is 0 Å². The third-order valence-electron chi connectivity index (χ3n) is 2.36. The van der Waals surface area contributed by atoms with Crippen LogP contribution >= 0.6 is 11.5 Å². The van der Waals surface area contributed by atoms with Crippen molar-refractivity contribution in [1.82, 2.24) is 19.1 Å². The lowest BCUT2D eigenvalue weighted by atomic mass is 10.3. The van der Waals surface area contributed by atoms with Gasteiger partial charge in [-0.25, -0.2) is 4.98 Å². The highest BCUT2D eigenvalue weighted by Gasteiger charge is 2.02. The van der Waals surface area contributed by atoms with Crippen LogP contribution in [0.1, 0.15) is 18.4 Å². The van der Waals surface area contributed by atoms with Crippen molar-refractivity contribution in [1.29, 1.82) is 0 Å². The minimum Gasteiger partial charge on any atom is -0.360 e. The van der Waals surface area contributed by atoms with Crippen LogP contribution in [0.3, 0.4) is 0 Å². The summed E-state index contributed by atoms with van der Waals surface area (Å²) in [5.41, 5.74) is 1.22. The molecule has 2 aromatic rings. The van der Waals surface area contributed by atoms with Crippen LogP contribution in [-0.2, 0) is 19.9 Å². The maximum Gasteiger partial charge on any atom is 0.202 e. The molecule has 0 bridgehead atoms. The topological polar surface area (TPSA) is 55.6 Å². The normalized spacial score (nSPS) is 10.6. The second-order valence-corrected chi connectivity index (χ2v) is 4.24. The third kappa shape index (κ3) is 2.57. The molecule has 0 aliphatic heterocycles. The predicted octanol–water partition coefficient (Wildman–Crippen LogP) is 1.49. The van der Waals surface area contributed by atoms with E-state index in [0.29, 0.717) is 0 Å². The van der Waals surface area contributed by atoms with Gasteiger partial charge >= 0.3 is 0 Å². The maximum atomic E-state index is 4.34. The van der Waals surface area contributed by atoms with Crippen LogP contribution in [0, 0.1) is 0 Å². The minimum absolute atomic E-state index is 0.859. The summed E-state index contributed by atoms with van der Waals surface area (Å²) in [7, 11) is 1.95. The molecule has 16 heavy (non-hydrogen) atoms. The molecule has 0 aliphatic carbocycles. The minimum atomic E-state index is 0.859. The molecule has 5 nitrogen and oxygen atoms in total. The highest BCUT2D eigenvalue weighted by atomic mass is 32.1. The van der Waals surface area contributed by atoms with Crippen molar-refractivity contribution in [3.63, 3.8) is 0 Å². The summed E-state index contributed by atoms with van der Waals surface area (Å²) in [4.78, 5) is 4.34. The van der Waals surface area contributed by atoms with Gasteiger partial charge in [0.2, 0.25) is 5.13 Å². The number of hydrogen-bond donors (Lipinski definition) is 1. The van der Waals surface area contributed by atoms with Crippen molar-refractivity contribution in [2.75, 3.05) is 11.9 Å². The van der Waals surface area contributed by atoms with Crippen LogP contribution < -0.4 is 5.32 Å². The molecule has 2 rings (SSSR count). The number of anilines is 1. The summed E-state index contributed by atoms with van der Waals surface area (Å²) < 4.78 is 6.11. The monoisotopic (exact) mass is 237 g/mol. The lowest BCUT2D eigenvalue weighted by molar-refractivity contribution is 0.711. The molecule has 2 aromatic heterocycles. The molecule has 0 unspecified atom stereocenters. The molecule has 1 N–H and O–H groups in total. The van der Waals surface area contributed by atoms with Crippen LogP contribution in [0.2, 0.25) is 0 Å². The van der Waals surface area contributed by atoms with E-state index in [1.165, 1.54) is 17.2 Å². The van der Waals surface area contributed by atoms with Gasteiger partial charge in [0, 0.05) is 49.9 Å². The molecule has 6 heteroatoms. The molecular weight excluding hydrogens is 222 g/mol. The summed E-state index contributed by atoms with van der Waals surface area (Å²) in [5.74, 6) is 0.910. The van der Waals surface area contributed by atoms with E-state index in [2.05, 4.69) is 26.7 Å². The predicted molar refractivity (Wildman–Crippen MR) is 64.7 cm³/mol. The fourth-order valence-electron chi connectivity index (χ4n) is 1.41. The highest BCUT2D eigenvalue weighted by Crippen LogP contribution is 2.11. The molecule has 0 radical (unpaired) electrons. The van der Waals surface area contributed by atoms with Crippen LogP contribution in [-0.4, -0.2) is 25.7 Å². The zero-order valence-corrected chi connectivity index (χ0v) is 10.3. The SMILES string of the molecule is CCc1nsc(NCCc2ccnn2C)n1. The van der Waals surface area contributed by atoms with Gasteiger partial charge in [0.1, 0.15) is 5.82 Å². The molecule has 0 saturated heterocycles. The first-order valence-corrected chi connectivity index (χ1v) is 6.10.